The summed E-state index contributed by atoms with van der Waals surface area (Å²) >= 11 is 0. The molecule has 0 aliphatic heterocycles. The molecule has 0 spiro atoms. The first-order chi connectivity index (χ1) is 14.5. The molecule has 0 bridgehead atoms. The van der Waals surface area contributed by atoms with Gasteiger partial charge < -0.3 is 10.2 Å². The van der Waals surface area contributed by atoms with E-state index < -0.39 is 0 Å². The second-order valence-corrected chi connectivity index (χ2v) is 6.88. The number of carbonyl (C=O) groups is 1. The molecule has 4 rings (SSSR count). The van der Waals surface area contributed by atoms with Gasteiger partial charge in [0.1, 0.15) is 5.82 Å². The van der Waals surface area contributed by atoms with E-state index in [1.165, 1.54) is 0 Å². The number of aryl methyl sites for hydroxylation is 2. The lowest BCUT2D eigenvalue weighted by Crippen LogP contribution is -2.29. The van der Waals surface area contributed by atoms with Gasteiger partial charge in [-0.05, 0) is 55.5 Å². The molecule has 9 nitrogen and oxygen atoms in total. The number of hydrazine groups is 1. The number of nitrogen functional groups attached to an aromatic ring is 1. The van der Waals surface area contributed by atoms with E-state index >= 15 is 0 Å². The van der Waals surface area contributed by atoms with Crippen LogP contribution in [0.4, 0.5) is 23.1 Å². The Bertz CT molecular complexity index is 1220. The third-order valence-corrected chi connectivity index (χ3v) is 5.02. The van der Waals surface area contributed by atoms with Crippen LogP contribution in [0.25, 0.3) is 10.9 Å². The highest BCUT2D eigenvalue weighted by Crippen LogP contribution is 2.27. The quantitative estimate of drug-likeness (QED) is 0.267. The van der Waals surface area contributed by atoms with E-state index in [-0.39, 0.29) is 5.91 Å². The Balaban J connectivity index is 1.56. The third-order valence-electron chi connectivity index (χ3n) is 5.02. The van der Waals surface area contributed by atoms with Crippen LogP contribution in [0, 0.1) is 6.92 Å². The molecule has 0 aliphatic carbocycles. The largest absolute Gasteiger partial charge is 0.329 e. The molecule has 0 radical (unpaired) electrons. The Labute approximate surface area is 173 Å². The first-order valence-electron chi connectivity index (χ1n) is 9.34. The van der Waals surface area contributed by atoms with Gasteiger partial charge in [0, 0.05) is 48.3 Å². The standard InChI is InChI=1S/C21H22N8O/c1-13-17-9-8-16(12-18(17)27-29(13)3)28(2)19-10-11-23-21(25-19)24-15-6-4-14(5-7-15)20(30)26-22/h4-12H,22H2,1-3H3,(H,26,30)(H,23,24,25). The maximum Gasteiger partial charge on any atom is 0.265 e. The molecule has 0 atom stereocenters. The van der Waals surface area contributed by atoms with Crippen molar-refractivity contribution in [1.29, 1.82) is 0 Å². The topological polar surface area (TPSA) is 114 Å². The van der Waals surface area contributed by atoms with Gasteiger partial charge in [0.25, 0.3) is 5.91 Å². The number of carbonyl (C=O) groups excluding carboxylic acids is 1. The molecule has 0 unspecified atom stereocenters. The van der Waals surface area contributed by atoms with Crippen molar-refractivity contribution in [2.24, 2.45) is 12.9 Å². The second kappa shape index (κ2) is 7.80. The van der Waals surface area contributed by atoms with E-state index in [0.717, 1.165) is 33.8 Å². The zero-order valence-electron chi connectivity index (χ0n) is 16.9. The summed E-state index contributed by atoms with van der Waals surface area (Å²) in [7, 11) is 3.89. The van der Waals surface area contributed by atoms with Crippen molar-refractivity contribution in [2.45, 2.75) is 6.92 Å². The van der Waals surface area contributed by atoms with Crippen LogP contribution in [0.5, 0.6) is 0 Å². The minimum Gasteiger partial charge on any atom is -0.329 e. The summed E-state index contributed by atoms with van der Waals surface area (Å²) in [5.41, 5.74) is 6.37. The molecule has 2 aromatic heterocycles. The summed E-state index contributed by atoms with van der Waals surface area (Å²) in [6, 6.07) is 14.9. The average molecular weight is 402 g/mol. The Morgan fingerprint density at radius 2 is 1.90 bits per heavy atom. The van der Waals surface area contributed by atoms with E-state index in [9.17, 15) is 4.79 Å². The van der Waals surface area contributed by atoms with Gasteiger partial charge in [0.2, 0.25) is 5.95 Å². The molecule has 0 saturated carbocycles. The first-order valence-corrected chi connectivity index (χ1v) is 9.34. The Kier molecular flexibility index (Phi) is 5.03. The van der Waals surface area contributed by atoms with Crippen molar-refractivity contribution in [1.82, 2.24) is 25.2 Å². The van der Waals surface area contributed by atoms with Crippen molar-refractivity contribution in [3.8, 4) is 0 Å². The van der Waals surface area contributed by atoms with E-state index in [0.29, 0.717) is 11.5 Å². The van der Waals surface area contributed by atoms with Crippen LogP contribution in [-0.2, 0) is 7.05 Å². The fourth-order valence-corrected chi connectivity index (χ4v) is 3.17. The number of anilines is 4. The fraction of sp³-hybridized carbons (Fsp3) is 0.143. The number of nitrogens with one attached hydrogen (secondary N) is 2. The molecule has 4 N–H and O–H groups in total. The zero-order chi connectivity index (χ0) is 21.3. The number of nitrogens with two attached hydrogens (primary N) is 1. The van der Waals surface area contributed by atoms with Crippen molar-refractivity contribution < 1.29 is 4.79 Å². The molecule has 2 heterocycles. The van der Waals surface area contributed by atoms with Gasteiger partial charge in [-0.25, -0.2) is 10.8 Å². The monoisotopic (exact) mass is 402 g/mol. The van der Waals surface area contributed by atoms with Crippen LogP contribution < -0.4 is 21.5 Å². The molecule has 1 amide bonds. The lowest BCUT2D eigenvalue weighted by atomic mass is 10.2. The van der Waals surface area contributed by atoms with Crippen LogP contribution in [-0.4, -0.2) is 32.7 Å². The van der Waals surface area contributed by atoms with Crippen LogP contribution in [0.2, 0.25) is 0 Å². The van der Waals surface area contributed by atoms with Crippen LogP contribution in [0.3, 0.4) is 0 Å². The number of fused-ring (bicyclic) bond motifs is 1. The number of hydrogen-bond donors (Lipinski definition) is 3. The average Bonchev–Trinajstić information content (AvgIpc) is 3.06. The van der Waals surface area contributed by atoms with E-state index in [4.69, 9.17) is 5.84 Å². The molecule has 0 fully saturated rings. The number of nitrogens with zero attached hydrogens (tertiary/aromatic N) is 5. The van der Waals surface area contributed by atoms with Crippen molar-refractivity contribution in [3.63, 3.8) is 0 Å². The molecule has 0 saturated heterocycles. The Morgan fingerprint density at radius 3 is 2.63 bits per heavy atom. The highest BCUT2D eigenvalue weighted by molar-refractivity contribution is 5.94. The van der Waals surface area contributed by atoms with E-state index in [1.807, 2.05) is 41.9 Å². The number of amides is 1. The van der Waals surface area contributed by atoms with Crippen molar-refractivity contribution in [3.05, 3.63) is 66.0 Å². The van der Waals surface area contributed by atoms with Gasteiger partial charge in [0.15, 0.2) is 0 Å². The SMILES string of the molecule is Cc1c2ccc(N(C)c3ccnc(Nc4ccc(C(=O)NN)cc4)n3)cc2nn1C. The minimum atomic E-state index is -0.346. The molecule has 0 aliphatic rings. The summed E-state index contributed by atoms with van der Waals surface area (Å²) in [4.78, 5) is 22.4. The first kappa shape index (κ1) is 19.3. The smallest absolute Gasteiger partial charge is 0.265 e. The number of hydrogen-bond acceptors (Lipinski definition) is 7. The second-order valence-electron chi connectivity index (χ2n) is 6.88. The predicted octanol–water partition coefficient (Wildman–Crippen LogP) is 2.79. The lowest BCUT2D eigenvalue weighted by molar-refractivity contribution is 0.0953. The van der Waals surface area contributed by atoms with Crippen LogP contribution in [0.15, 0.2) is 54.7 Å². The summed E-state index contributed by atoms with van der Waals surface area (Å²) in [5.74, 6) is 5.99. The maximum atomic E-state index is 11.5. The number of aromatic nitrogens is 4. The van der Waals surface area contributed by atoms with Gasteiger partial charge in [-0.3, -0.25) is 14.9 Å². The molecule has 2 aromatic carbocycles. The van der Waals surface area contributed by atoms with Gasteiger partial charge >= 0.3 is 0 Å². The van der Waals surface area contributed by atoms with Crippen LogP contribution in [0.1, 0.15) is 16.1 Å². The van der Waals surface area contributed by atoms with E-state index in [2.05, 4.69) is 38.8 Å². The number of rotatable bonds is 5. The molecular weight excluding hydrogens is 380 g/mol. The lowest BCUT2D eigenvalue weighted by Gasteiger charge is -2.19. The highest BCUT2D eigenvalue weighted by atomic mass is 16.2. The third kappa shape index (κ3) is 3.65. The van der Waals surface area contributed by atoms with Gasteiger partial charge in [-0.15, -0.1) is 0 Å². The summed E-state index contributed by atoms with van der Waals surface area (Å²) < 4.78 is 1.88. The Morgan fingerprint density at radius 1 is 1.13 bits per heavy atom. The van der Waals surface area contributed by atoms with Gasteiger partial charge in [0.05, 0.1) is 5.52 Å². The van der Waals surface area contributed by atoms with E-state index in [1.54, 1.807) is 30.5 Å². The molecule has 30 heavy (non-hydrogen) atoms. The zero-order valence-corrected chi connectivity index (χ0v) is 16.9. The molecular formula is C21H22N8O. The van der Waals surface area contributed by atoms with Crippen molar-refractivity contribution >= 4 is 40.0 Å². The molecule has 152 valence electrons. The minimum absolute atomic E-state index is 0.346. The normalized spacial score (nSPS) is 10.8. The van der Waals surface area contributed by atoms with Gasteiger partial charge in [-0.1, -0.05) is 0 Å². The van der Waals surface area contributed by atoms with Gasteiger partial charge in [-0.2, -0.15) is 10.1 Å². The van der Waals surface area contributed by atoms with Crippen molar-refractivity contribution in [2.75, 3.05) is 17.3 Å². The van der Waals surface area contributed by atoms with Crippen LogP contribution >= 0.6 is 0 Å². The summed E-state index contributed by atoms with van der Waals surface area (Å²) in [5, 5.41) is 8.84. The molecule has 9 heteroatoms. The maximum absolute atomic E-state index is 11.5. The summed E-state index contributed by atoms with van der Waals surface area (Å²) in [6.45, 7) is 2.05. The summed E-state index contributed by atoms with van der Waals surface area (Å²) in [6.07, 6.45) is 1.70. The Hall–Kier alpha value is -3.98. The highest BCUT2D eigenvalue weighted by Gasteiger charge is 2.11. The number of benzene rings is 2. The fourth-order valence-electron chi connectivity index (χ4n) is 3.17. The predicted molar refractivity (Wildman–Crippen MR) is 117 cm³/mol. The molecule has 4 aromatic rings.